The number of hydrogen-bond acceptors (Lipinski definition) is 3. The van der Waals surface area contributed by atoms with E-state index >= 15 is 0 Å². The SMILES string of the molecule is CNC1CCC(N(C)Cc2nn(C)c3ccccc23)CC1. The lowest BCUT2D eigenvalue weighted by atomic mass is 9.90. The van der Waals surface area contributed by atoms with Gasteiger partial charge in [-0.05, 0) is 45.8 Å². The van der Waals surface area contributed by atoms with Crippen molar-refractivity contribution in [2.24, 2.45) is 7.05 Å². The zero-order chi connectivity index (χ0) is 14.8. The number of fused-ring (bicyclic) bond motifs is 1. The van der Waals surface area contributed by atoms with Gasteiger partial charge in [0.05, 0.1) is 11.2 Å². The molecule has 1 aliphatic carbocycles. The zero-order valence-corrected chi connectivity index (χ0v) is 13.3. The van der Waals surface area contributed by atoms with Gasteiger partial charge in [-0.15, -0.1) is 0 Å². The molecule has 0 atom stereocenters. The molecule has 0 amide bonds. The van der Waals surface area contributed by atoms with Crippen LogP contribution in [0.15, 0.2) is 24.3 Å². The second-order valence-electron chi connectivity index (χ2n) is 6.30. The van der Waals surface area contributed by atoms with Gasteiger partial charge in [0.15, 0.2) is 0 Å². The molecule has 0 saturated heterocycles. The number of aromatic nitrogens is 2. The van der Waals surface area contributed by atoms with Crippen molar-refractivity contribution >= 4 is 10.9 Å². The first kappa shape index (κ1) is 14.5. The molecule has 2 aromatic rings. The maximum absolute atomic E-state index is 4.72. The summed E-state index contributed by atoms with van der Waals surface area (Å²) in [5, 5.41) is 9.41. The normalized spacial score (nSPS) is 23.0. The number of para-hydroxylation sites is 1. The number of rotatable bonds is 4. The van der Waals surface area contributed by atoms with Crippen molar-refractivity contribution in [2.75, 3.05) is 14.1 Å². The molecule has 1 aromatic heterocycles. The van der Waals surface area contributed by atoms with E-state index in [1.165, 1.54) is 42.3 Å². The summed E-state index contributed by atoms with van der Waals surface area (Å²) in [6, 6.07) is 9.91. The first-order chi connectivity index (χ1) is 10.2. The van der Waals surface area contributed by atoms with Gasteiger partial charge in [-0.2, -0.15) is 5.10 Å². The predicted octanol–water partition coefficient (Wildman–Crippen LogP) is 2.54. The second kappa shape index (κ2) is 6.16. The van der Waals surface area contributed by atoms with Gasteiger partial charge in [0.2, 0.25) is 0 Å². The van der Waals surface area contributed by atoms with E-state index in [2.05, 4.69) is 48.6 Å². The van der Waals surface area contributed by atoms with E-state index in [1.54, 1.807) is 0 Å². The van der Waals surface area contributed by atoms with Gasteiger partial charge < -0.3 is 5.32 Å². The van der Waals surface area contributed by atoms with Crippen molar-refractivity contribution in [1.82, 2.24) is 20.0 Å². The highest BCUT2D eigenvalue weighted by molar-refractivity contribution is 5.81. The second-order valence-corrected chi connectivity index (χ2v) is 6.30. The Kier molecular flexibility index (Phi) is 4.27. The van der Waals surface area contributed by atoms with Crippen molar-refractivity contribution in [3.63, 3.8) is 0 Å². The Hall–Kier alpha value is -1.39. The Morgan fingerprint density at radius 3 is 2.67 bits per heavy atom. The van der Waals surface area contributed by atoms with Crippen LogP contribution in [-0.2, 0) is 13.6 Å². The highest BCUT2D eigenvalue weighted by atomic mass is 15.3. The molecule has 1 saturated carbocycles. The molecule has 1 aliphatic rings. The van der Waals surface area contributed by atoms with Crippen LogP contribution in [0.2, 0.25) is 0 Å². The molecule has 21 heavy (non-hydrogen) atoms. The molecule has 0 radical (unpaired) electrons. The number of aryl methyl sites for hydroxylation is 1. The Labute approximate surface area is 127 Å². The van der Waals surface area contributed by atoms with Gasteiger partial charge in [0.1, 0.15) is 0 Å². The van der Waals surface area contributed by atoms with E-state index in [-0.39, 0.29) is 0 Å². The van der Waals surface area contributed by atoms with Crippen molar-refractivity contribution in [3.05, 3.63) is 30.0 Å². The van der Waals surface area contributed by atoms with Crippen LogP contribution in [0.4, 0.5) is 0 Å². The fraction of sp³-hybridized carbons (Fsp3) is 0.588. The molecule has 0 unspecified atom stereocenters. The van der Waals surface area contributed by atoms with Crippen LogP contribution >= 0.6 is 0 Å². The summed E-state index contributed by atoms with van der Waals surface area (Å²) >= 11 is 0. The highest BCUT2D eigenvalue weighted by Gasteiger charge is 2.24. The molecular weight excluding hydrogens is 260 g/mol. The molecule has 1 N–H and O–H groups in total. The molecule has 1 heterocycles. The molecule has 1 aromatic carbocycles. The van der Waals surface area contributed by atoms with Gasteiger partial charge in [0, 0.05) is 31.1 Å². The average molecular weight is 286 g/mol. The Balaban J connectivity index is 1.70. The van der Waals surface area contributed by atoms with Gasteiger partial charge in [0.25, 0.3) is 0 Å². The predicted molar refractivity (Wildman–Crippen MR) is 87.3 cm³/mol. The van der Waals surface area contributed by atoms with Crippen LogP contribution in [0, 0.1) is 0 Å². The van der Waals surface area contributed by atoms with Crippen LogP contribution in [-0.4, -0.2) is 40.9 Å². The minimum absolute atomic E-state index is 0.690. The number of nitrogens with one attached hydrogen (secondary N) is 1. The van der Waals surface area contributed by atoms with Crippen molar-refractivity contribution in [2.45, 2.75) is 44.3 Å². The summed E-state index contributed by atoms with van der Waals surface area (Å²) in [4.78, 5) is 2.49. The zero-order valence-electron chi connectivity index (χ0n) is 13.3. The third-order valence-electron chi connectivity index (χ3n) is 4.96. The first-order valence-electron chi connectivity index (χ1n) is 7.97. The van der Waals surface area contributed by atoms with Crippen LogP contribution in [0.1, 0.15) is 31.4 Å². The average Bonchev–Trinajstić information content (AvgIpc) is 2.84. The Bertz CT molecular complexity index is 596. The molecular formula is C17H26N4. The van der Waals surface area contributed by atoms with E-state index in [9.17, 15) is 0 Å². The van der Waals surface area contributed by atoms with Gasteiger partial charge in [-0.1, -0.05) is 18.2 Å². The number of nitrogens with zero attached hydrogens (tertiary/aromatic N) is 3. The van der Waals surface area contributed by atoms with Crippen LogP contribution < -0.4 is 5.32 Å². The van der Waals surface area contributed by atoms with Crippen molar-refractivity contribution in [3.8, 4) is 0 Å². The third-order valence-corrected chi connectivity index (χ3v) is 4.96. The summed E-state index contributed by atoms with van der Waals surface area (Å²) < 4.78 is 2.00. The quantitative estimate of drug-likeness (QED) is 0.937. The van der Waals surface area contributed by atoms with Crippen LogP contribution in [0.25, 0.3) is 10.9 Å². The monoisotopic (exact) mass is 286 g/mol. The van der Waals surface area contributed by atoms with E-state index in [1.807, 2.05) is 11.7 Å². The minimum atomic E-state index is 0.690. The van der Waals surface area contributed by atoms with Crippen molar-refractivity contribution in [1.29, 1.82) is 0 Å². The molecule has 0 spiro atoms. The van der Waals surface area contributed by atoms with Gasteiger partial charge in [-0.3, -0.25) is 9.58 Å². The number of hydrogen-bond donors (Lipinski definition) is 1. The lowest BCUT2D eigenvalue weighted by Gasteiger charge is -2.34. The van der Waals surface area contributed by atoms with Crippen LogP contribution in [0.3, 0.4) is 0 Å². The molecule has 4 nitrogen and oxygen atoms in total. The molecule has 0 aliphatic heterocycles. The smallest absolute Gasteiger partial charge is 0.0843 e. The maximum Gasteiger partial charge on any atom is 0.0843 e. The summed E-state index contributed by atoms with van der Waals surface area (Å²) in [7, 11) is 6.35. The summed E-state index contributed by atoms with van der Waals surface area (Å²) in [5.41, 5.74) is 2.42. The summed E-state index contributed by atoms with van der Waals surface area (Å²) in [6.45, 7) is 0.941. The minimum Gasteiger partial charge on any atom is -0.317 e. The lowest BCUT2D eigenvalue weighted by Crippen LogP contribution is -2.39. The Morgan fingerprint density at radius 2 is 1.95 bits per heavy atom. The molecule has 4 heteroatoms. The molecule has 1 fully saturated rings. The molecule has 3 rings (SSSR count). The van der Waals surface area contributed by atoms with E-state index in [0.717, 1.165) is 6.54 Å². The Morgan fingerprint density at radius 1 is 1.24 bits per heavy atom. The fourth-order valence-electron chi connectivity index (χ4n) is 3.58. The topological polar surface area (TPSA) is 33.1 Å². The van der Waals surface area contributed by atoms with Crippen molar-refractivity contribution < 1.29 is 0 Å². The van der Waals surface area contributed by atoms with Crippen LogP contribution in [0.5, 0.6) is 0 Å². The molecule has 114 valence electrons. The van der Waals surface area contributed by atoms with Gasteiger partial charge >= 0.3 is 0 Å². The molecule has 0 bridgehead atoms. The highest BCUT2D eigenvalue weighted by Crippen LogP contribution is 2.25. The lowest BCUT2D eigenvalue weighted by molar-refractivity contribution is 0.168. The number of benzene rings is 1. The standard InChI is InChI=1S/C17H26N4/c1-18-13-8-10-14(11-9-13)20(2)12-16-15-6-4-5-7-17(15)21(3)19-16/h4-7,13-14,18H,8-12H2,1-3H3. The first-order valence-corrected chi connectivity index (χ1v) is 7.97. The third kappa shape index (κ3) is 2.97. The van der Waals surface area contributed by atoms with E-state index in [4.69, 9.17) is 5.10 Å². The largest absolute Gasteiger partial charge is 0.317 e. The van der Waals surface area contributed by atoms with E-state index in [0.29, 0.717) is 12.1 Å². The summed E-state index contributed by atoms with van der Waals surface area (Å²) in [6.07, 6.45) is 5.14. The fourth-order valence-corrected chi connectivity index (χ4v) is 3.58. The van der Waals surface area contributed by atoms with Gasteiger partial charge in [-0.25, -0.2) is 0 Å². The van der Waals surface area contributed by atoms with E-state index < -0.39 is 0 Å². The summed E-state index contributed by atoms with van der Waals surface area (Å²) in [5.74, 6) is 0. The maximum atomic E-state index is 4.72.